The van der Waals surface area contributed by atoms with Crippen LogP contribution in [0.5, 0.6) is 0 Å². The second-order valence-electron chi connectivity index (χ2n) is 4.24. The summed E-state index contributed by atoms with van der Waals surface area (Å²) in [5, 5.41) is 4.47. The number of anilines is 2. The summed E-state index contributed by atoms with van der Waals surface area (Å²) < 4.78 is 39.5. The molecule has 0 atom stereocenters. The number of fused-ring (bicyclic) bond motifs is 1. The molecule has 2 aromatic carbocycles. The molecule has 3 aromatic rings. The van der Waals surface area contributed by atoms with Gasteiger partial charge in [-0.15, -0.1) is 0 Å². The number of pyridine rings is 1. The molecule has 0 bridgehead atoms. The van der Waals surface area contributed by atoms with Crippen molar-refractivity contribution in [1.29, 1.82) is 0 Å². The van der Waals surface area contributed by atoms with Crippen LogP contribution in [0.3, 0.4) is 0 Å². The van der Waals surface area contributed by atoms with Gasteiger partial charge in [-0.1, -0.05) is 36.4 Å². The third kappa shape index (κ3) is 2.18. The maximum Gasteiger partial charge on any atom is 0.251 e. The normalized spacial score (nSPS) is 10.8. The smallest absolute Gasteiger partial charge is 0.251 e. The highest BCUT2D eigenvalue weighted by molar-refractivity contribution is 5.95. The summed E-state index contributed by atoms with van der Waals surface area (Å²) in [6.45, 7) is 0. The monoisotopic (exact) mass is 274 g/mol. The predicted molar refractivity (Wildman–Crippen MR) is 71.3 cm³/mol. The molecule has 0 unspecified atom stereocenters. The third-order valence-electron chi connectivity index (χ3n) is 2.93. The molecule has 0 aliphatic heterocycles. The molecule has 0 radical (unpaired) electrons. The molecule has 0 spiro atoms. The first-order valence-corrected chi connectivity index (χ1v) is 5.91. The highest BCUT2D eigenvalue weighted by atomic mass is 19.2. The Morgan fingerprint density at radius 1 is 0.850 bits per heavy atom. The number of aromatic nitrogens is 1. The van der Waals surface area contributed by atoms with Gasteiger partial charge in [0, 0.05) is 17.1 Å². The van der Waals surface area contributed by atoms with Crippen LogP contribution in [0.4, 0.5) is 24.7 Å². The van der Waals surface area contributed by atoms with Crippen LogP contribution in [0.2, 0.25) is 0 Å². The first kappa shape index (κ1) is 12.5. The van der Waals surface area contributed by atoms with Crippen molar-refractivity contribution < 1.29 is 13.2 Å². The van der Waals surface area contributed by atoms with Crippen LogP contribution in [0.25, 0.3) is 10.8 Å². The van der Waals surface area contributed by atoms with E-state index < -0.39 is 17.6 Å². The minimum Gasteiger partial charge on any atom is -0.337 e. The molecule has 2 nitrogen and oxygen atoms in total. The fourth-order valence-electron chi connectivity index (χ4n) is 1.99. The fourth-order valence-corrected chi connectivity index (χ4v) is 1.99. The number of rotatable bonds is 2. The van der Waals surface area contributed by atoms with Crippen molar-refractivity contribution in [3.8, 4) is 0 Å². The topological polar surface area (TPSA) is 24.9 Å². The number of hydrogen-bond donors (Lipinski definition) is 1. The maximum atomic E-state index is 13.6. The molecule has 0 amide bonds. The van der Waals surface area contributed by atoms with Gasteiger partial charge in [0.15, 0.2) is 17.5 Å². The van der Waals surface area contributed by atoms with E-state index in [-0.39, 0.29) is 5.82 Å². The van der Waals surface area contributed by atoms with E-state index in [1.165, 1.54) is 0 Å². The summed E-state index contributed by atoms with van der Waals surface area (Å²) in [5.74, 6) is -3.95. The summed E-state index contributed by atoms with van der Waals surface area (Å²) in [5.41, 5.74) is 0.570. The van der Waals surface area contributed by atoms with Crippen LogP contribution >= 0.6 is 0 Å². The number of benzene rings is 2. The second-order valence-corrected chi connectivity index (χ2v) is 4.24. The highest BCUT2D eigenvalue weighted by Gasteiger charge is 2.12. The Labute approximate surface area is 112 Å². The van der Waals surface area contributed by atoms with Gasteiger partial charge in [0.25, 0.3) is 5.95 Å². The second kappa shape index (κ2) is 4.85. The van der Waals surface area contributed by atoms with Crippen LogP contribution in [-0.4, -0.2) is 4.98 Å². The van der Waals surface area contributed by atoms with Gasteiger partial charge in [0.2, 0.25) is 0 Å². The lowest BCUT2D eigenvalue weighted by Gasteiger charge is -2.10. The lowest BCUT2D eigenvalue weighted by molar-refractivity contribution is 0.467. The van der Waals surface area contributed by atoms with Crippen molar-refractivity contribution in [2.24, 2.45) is 0 Å². The molecule has 0 aliphatic rings. The van der Waals surface area contributed by atoms with Gasteiger partial charge < -0.3 is 5.32 Å². The molecular formula is C15H9F3N2. The van der Waals surface area contributed by atoms with E-state index in [0.29, 0.717) is 11.8 Å². The minimum atomic E-state index is -1.34. The van der Waals surface area contributed by atoms with Gasteiger partial charge in [-0.3, -0.25) is 0 Å². The molecule has 0 fully saturated rings. The maximum absolute atomic E-state index is 13.6. The van der Waals surface area contributed by atoms with E-state index in [0.717, 1.165) is 10.8 Å². The summed E-state index contributed by atoms with van der Waals surface area (Å²) in [6, 6.07) is 13.3. The van der Waals surface area contributed by atoms with Gasteiger partial charge in [0.05, 0.1) is 0 Å². The number of halogens is 3. The molecule has 20 heavy (non-hydrogen) atoms. The molecule has 5 heteroatoms. The molecule has 0 saturated carbocycles. The zero-order chi connectivity index (χ0) is 14.1. The quantitative estimate of drug-likeness (QED) is 0.701. The van der Waals surface area contributed by atoms with Gasteiger partial charge >= 0.3 is 0 Å². The van der Waals surface area contributed by atoms with Crippen LogP contribution in [-0.2, 0) is 0 Å². The summed E-state index contributed by atoms with van der Waals surface area (Å²) in [6.07, 6.45) is 0. The molecule has 0 saturated heterocycles. The molecular weight excluding hydrogens is 265 g/mol. The molecule has 3 rings (SSSR count). The standard InChI is InChI=1S/C15H9F3N2/c16-11-8-12(17)15(20-14(11)18)19-13-7-3-5-9-4-1-2-6-10(9)13/h1-8H,(H,19,20). The lowest BCUT2D eigenvalue weighted by atomic mass is 10.1. The van der Waals surface area contributed by atoms with Crippen molar-refractivity contribution in [3.05, 3.63) is 66.1 Å². The van der Waals surface area contributed by atoms with Crippen LogP contribution in [0, 0.1) is 17.6 Å². The lowest BCUT2D eigenvalue weighted by Crippen LogP contribution is -2.01. The van der Waals surface area contributed by atoms with E-state index in [2.05, 4.69) is 10.3 Å². The Bertz CT molecular complexity index is 782. The van der Waals surface area contributed by atoms with Crippen molar-refractivity contribution in [3.63, 3.8) is 0 Å². The van der Waals surface area contributed by atoms with Crippen molar-refractivity contribution in [1.82, 2.24) is 4.98 Å². The average Bonchev–Trinajstić information content (AvgIpc) is 2.45. The van der Waals surface area contributed by atoms with Crippen LogP contribution in [0.1, 0.15) is 0 Å². The molecule has 1 N–H and O–H groups in total. The zero-order valence-electron chi connectivity index (χ0n) is 10.2. The summed E-state index contributed by atoms with van der Waals surface area (Å²) >= 11 is 0. The molecule has 0 aliphatic carbocycles. The van der Waals surface area contributed by atoms with E-state index >= 15 is 0 Å². The zero-order valence-corrected chi connectivity index (χ0v) is 10.2. The van der Waals surface area contributed by atoms with Gasteiger partial charge in [-0.05, 0) is 11.5 Å². The van der Waals surface area contributed by atoms with Gasteiger partial charge in [0.1, 0.15) is 0 Å². The Morgan fingerprint density at radius 3 is 2.45 bits per heavy atom. The Balaban J connectivity index is 2.08. The van der Waals surface area contributed by atoms with Crippen LogP contribution in [0.15, 0.2) is 48.5 Å². The summed E-state index contributed by atoms with van der Waals surface area (Å²) in [7, 11) is 0. The molecule has 1 heterocycles. The Kier molecular flexibility index (Phi) is 3.02. The third-order valence-corrected chi connectivity index (χ3v) is 2.93. The first-order valence-electron chi connectivity index (χ1n) is 5.91. The number of nitrogens with zero attached hydrogens (tertiary/aromatic N) is 1. The SMILES string of the molecule is Fc1cc(F)c(Nc2cccc3ccccc23)nc1F. The van der Waals surface area contributed by atoms with E-state index in [1.807, 2.05) is 30.3 Å². The molecule has 100 valence electrons. The average molecular weight is 274 g/mol. The highest BCUT2D eigenvalue weighted by Crippen LogP contribution is 2.27. The Hall–Kier alpha value is -2.56. The number of nitrogens with one attached hydrogen (secondary N) is 1. The van der Waals surface area contributed by atoms with E-state index in [1.54, 1.807) is 12.1 Å². The molecule has 1 aromatic heterocycles. The van der Waals surface area contributed by atoms with Crippen LogP contribution < -0.4 is 5.32 Å². The number of hydrogen-bond acceptors (Lipinski definition) is 2. The van der Waals surface area contributed by atoms with Crippen molar-refractivity contribution in [2.75, 3.05) is 5.32 Å². The van der Waals surface area contributed by atoms with Crippen molar-refractivity contribution in [2.45, 2.75) is 0 Å². The fraction of sp³-hybridized carbons (Fsp3) is 0. The largest absolute Gasteiger partial charge is 0.337 e. The Morgan fingerprint density at radius 2 is 1.60 bits per heavy atom. The minimum absolute atomic E-state index is 0.347. The van der Waals surface area contributed by atoms with E-state index in [9.17, 15) is 13.2 Å². The van der Waals surface area contributed by atoms with Crippen molar-refractivity contribution >= 4 is 22.3 Å². The van der Waals surface area contributed by atoms with E-state index in [4.69, 9.17) is 0 Å². The van der Waals surface area contributed by atoms with Gasteiger partial charge in [-0.25, -0.2) is 8.78 Å². The van der Waals surface area contributed by atoms with Gasteiger partial charge in [-0.2, -0.15) is 9.37 Å². The summed E-state index contributed by atoms with van der Waals surface area (Å²) in [4.78, 5) is 3.25. The predicted octanol–water partition coefficient (Wildman–Crippen LogP) is 4.40. The first-order chi connectivity index (χ1) is 9.65.